The molecule has 0 atom stereocenters. The molecular weight excluding hydrogens is 328 g/mol. The van der Waals surface area contributed by atoms with E-state index in [4.69, 9.17) is 5.11 Å². The maximum atomic E-state index is 10.9. The van der Waals surface area contributed by atoms with Crippen LogP contribution in [0.15, 0.2) is 22.7 Å². The van der Waals surface area contributed by atoms with Crippen LogP contribution in [0.4, 0.5) is 5.69 Å². The minimum atomic E-state index is -0.913. The van der Waals surface area contributed by atoms with Crippen molar-refractivity contribution in [2.24, 2.45) is 0 Å². The number of carbonyl (C=O) groups is 1. The van der Waals surface area contributed by atoms with Crippen molar-refractivity contribution < 1.29 is 9.90 Å². The Labute approximate surface area is 125 Å². The highest BCUT2D eigenvalue weighted by molar-refractivity contribution is 9.10. The topological polar surface area (TPSA) is 52.6 Å². The minimum absolute atomic E-state index is 0.290. The van der Waals surface area contributed by atoms with E-state index in [0.717, 1.165) is 31.9 Å². The van der Waals surface area contributed by atoms with Gasteiger partial charge >= 0.3 is 5.97 Å². The lowest BCUT2D eigenvalue weighted by Crippen LogP contribution is -2.36. The Hall–Kier alpha value is -0.720. The second-order valence-corrected chi connectivity index (χ2v) is 6.46. The first kappa shape index (κ1) is 14.7. The number of hydrogen-bond acceptors (Lipinski definition) is 4. The number of aromatic carboxylic acids is 1. The lowest BCUT2D eigenvalue weighted by molar-refractivity contribution is 0.0696. The Kier molecular flexibility index (Phi) is 5.54. The second kappa shape index (κ2) is 7.17. The number of halogens is 1. The zero-order valence-electron chi connectivity index (χ0n) is 10.6. The average molecular weight is 345 g/mol. The molecule has 0 aliphatic carbocycles. The van der Waals surface area contributed by atoms with E-state index < -0.39 is 5.97 Å². The van der Waals surface area contributed by atoms with Gasteiger partial charge in [-0.1, -0.05) is 0 Å². The third-order valence-corrected chi connectivity index (χ3v) is 4.66. The third kappa shape index (κ3) is 4.40. The first-order valence-corrected chi connectivity index (χ1v) is 8.18. The summed E-state index contributed by atoms with van der Waals surface area (Å²) in [5, 5.41) is 12.3. The molecule has 0 bridgehead atoms. The van der Waals surface area contributed by atoms with Crippen LogP contribution in [0, 0.1) is 0 Å². The number of benzene rings is 1. The van der Waals surface area contributed by atoms with Crippen molar-refractivity contribution in [2.45, 2.75) is 0 Å². The fourth-order valence-corrected chi connectivity index (χ4v) is 3.51. The molecule has 19 heavy (non-hydrogen) atoms. The quantitative estimate of drug-likeness (QED) is 0.859. The maximum Gasteiger partial charge on any atom is 0.336 e. The van der Waals surface area contributed by atoms with Gasteiger partial charge in [0.25, 0.3) is 0 Å². The van der Waals surface area contributed by atoms with Gasteiger partial charge in [-0.25, -0.2) is 4.79 Å². The summed E-state index contributed by atoms with van der Waals surface area (Å²) in [5.74, 6) is 1.53. The van der Waals surface area contributed by atoms with Gasteiger partial charge in [0.2, 0.25) is 0 Å². The van der Waals surface area contributed by atoms with Crippen LogP contribution in [0.3, 0.4) is 0 Å². The summed E-state index contributed by atoms with van der Waals surface area (Å²) in [6.45, 7) is 4.23. The van der Waals surface area contributed by atoms with E-state index in [1.165, 1.54) is 11.5 Å². The van der Waals surface area contributed by atoms with Gasteiger partial charge < -0.3 is 10.4 Å². The van der Waals surface area contributed by atoms with E-state index in [0.29, 0.717) is 10.0 Å². The van der Waals surface area contributed by atoms with Crippen molar-refractivity contribution in [3.63, 3.8) is 0 Å². The summed E-state index contributed by atoms with van der Waals surface area (Å²) in [5.41, 5.74) is 1.24. The predicted molar refractivity (Wildman–Crippen MR) is 83.4 cm³/mol. The highest BCUT2D eigenvalue weighted by Crippen LogP contribution is 2.21. The van der Waals surface area contributed by atoms with E-state index in [-0.39, 0.29) is 0 Å². The molecule has 6 heteroatoms. The minimum Gasteiger partial charge on any atom is -0.478 e. The number of anilines is 1. The van der Waals surface area contributed by atoms with E-state index in [1.807, 2.05) is 17.8 Å². The van der Waals surface area contributed by atoms with Gasteiger partial charge in [0.05, 0.1) is 5.56 Å². The summed E-state index contributed by atoms with van der Waals surface area (Å²) in [7, 11) is 0. The SMILES string of the molecule is O=C(O)c1ccc(NCCN2CCSCC2)cc1Br. The Bertz CT molecular complexity index is 450. The van der Waals surface area contributed by atoms with Gasteiger partial charge in [-0.3, -0.25) is 4.90 Å². The molecule has 0 saturated carbocycles. The number of nitrogens with zero attached hydrogens (tertiary/aromatic N) is 1. The van der Waals surface area contributed by atoms with Gasteiger partial charge in [0, 0.05) is 47.8 Å². The Morgan fingerprint density at radius 1 is 1.42 bits per heavy atom. The van der Waals surface area contributed by atoms with Crippen LogP contribution in [-0.2, 0) is 0 Å². The van der Waals surface area contributed by atoms with E-state index in [1.54, 1.807) is 12.1 Å². The molecule has 1 heterocycles. The zero-order valence-corrected chi connectivity index (χ0v) is 13.0. The van der Waals surface area contributed by atoms with Gasteiger partial charge in [-0.05, 0) is 34.1 Å². The molecule has 0 aromatic heterocycles. The zero-order chi connectivity index (χ0) is 13.7. The smallest absolute Gasteiger partial charge is 0.336 e. The molecular formula is C13H17BrN2O2S. The van der Waals surface area contributed by atoms with Crippen LogP contribution in [0.5, 0.6) is 0 Å². The Morgan fingerprint density at radius 3 is 2.79 bits per heavy atom. The van der Waals surface area contributed by atoms with Gasteiger partial charge in [0.15, 0.2) is 0 Å². The molecule has 2 N–H and O–H groups in total. The number of thioether (sulfide) groups is 1. The van der Waals surface area contributed by atoms with Crippen LogP contribution in [0.2, 0.25) is 0 Å². The molecule has 0 radical (unpaired) electrons. The van der Waals surface area contributed by atoms with Crippen LogP contribution < -0.4 is 5.32 Å². The maximum absolute atomic E-state index is 10.9. The Balaban J connectivity index is 1.82. The molecule has 0 spiro atoms. The van der Waals surface area contributed by atoms with Crippen molar-refractivity contribution in [2.75, 3.05) is 43.0 Å². The lowest BCUT2D eigenvalue weighted by atomic mass is 10.2. The van der Waals surface area contributed by atoms with Crippen LogP contribution >= 0.6 is 27.7 Å². The molecule has 2 rings (SSSR count). The fourth-order valence-electron chi connectivity index (χ4n) is 1.98. The summed E-state index contributed by atoms with van der Waals surface area (Å²) >= 11 is 5.29. The van der Waals surface area contributed by atoms with Gasteiger partial charge in [0.1, 0.15) is 0 Å². The van der Waals surface area contributed by atoms with Gasteiger partial charge in [-0.15, -0.1) is 0 Å². The van der Waals surface area contributed by atoms with Crippen LogP contribution in [0.25, 0.3) is 0 Å². The third-order valence-electron chi connectivity index (χ3n) is 3.06. The number of carboxylic acids is 1. The predicted octanol–water partition coefficient (Wildman–Crippen LogP) is 2.61. The highest BCUT2D eigenvalue weighted by atomic mass is 79.9. The van der Waals surface area contributed by atoms with E-state index in [9.17, 15) is 4.79 Å². The largest absolute Gasteiger partial charge is 0.478 e. The van der Waals surface area contributed by atoms with Gasteiger partial charge in [-0.2, -0.15) is 11.8 Å². The number of nitrogens with one attached hydrogen (secondary N) is 1. The van der Waals surface area contributed by atoms with Crippen molar-refractivity contribution >= 4 is 39.3 Å². The fraction of sp³-hybridized carbons (Fsp3) is 0.462. The summed E-state index contributed by atoms with van der Waals surface area (Å²) < 4.78 is 0.611. The summed E-state index contributed by atoms with van der Waals surface area (Å²) in [6, 6.07) is 5.24. The monoisotopic (exact) mass is 344 g/mol. The molecule has 1 aliphatic rings. The second-order valence-electron chi connectivity index (χ2n) is 4.38. The van der Waals surface area contributed by atoms with E-state index in [2.05, 4.69) is 26.1 Å². The molecule has 1 aromatic rings. The first-order chi connectivity index (χ1) is 9.16. The van der Waals surface area contributed by atoms with Crippen molar-refractivity contribution in [1.29, 1.82) is 0 Å². The summed E-state index contributed by atoms with van der Waals surface area (Å²) in [4.78, 5) is 13.3. The normalized spacial score (nSPS) is 16.3. The first-order valence-electron chi connectivity index (χ1n) is 6.23. The molecule has 0 unspecified atom stereocenters. The number of rotatable bonds is 5. The average Bonchev–Trinajstić information content (AvgIpc) is 2.39. The Morgan fingerprint density at radius 2 is 2.16 bits per heavy atom. The van der Waals surface area contributed by atoms with E-state index >= 15 is 0 Å². The standard InChI is InChI=1S/C13H17BrN2O2S/c14-12-9-10(1-2-11(12)13(17)18)15-3-4-16-5-7-19-8-6-16/h1-2,9,15H,3-8H2,(H,17,18). The molecule has 1 saturated heterocycles. The summed E-state index contributed by atoms with van der Waals surface area (Å²) in [6.07, 6.45) is 0. The van der Waals surface area contributed by atoms with Crippen molar-refractivity contribution in [3.8, 4) is 0 Å². The number of hydrogen-bond donors (Lipinski definition) is 2. The van der Waals surface area contributed by atoms with Crippen molar-refractivity contribution in [1.82, 2.24) is 4.90 Å². The highest BCUT2D eigenvalue weighted by Gasteiger charge is 2.10. The lowest BCUT2D eigenvalue weighted by Gasteiger charge is -2.26. The van der Waals surface area contributed by atoms with Crippen molar-refractivity contribution in [3.05, 3.63) is 28.2 Å². The molecule has 1 aromatic carbocycles. The molecule has 104 valence electrons. The van der Waals surface area contributed by atoms with Crippen LogP contribution in [-0.4, -0.2) is 53.7 Å². The van der Waals surface area contributed by atoms with Crippen LogP contribution in [0.1, 0.15) is 10.4 Å². The molecule has 0 amide bonds. The molecule has 1 fully saturated rings. The molecule has 4 nitrogen and oxygen atoms in total. The molecule has 1 aliphatic heterocycles. The number of carboxylic acid groups (broad SMARTS) is 1.